The molecule has 0 bridgehead atoms. The van der Waals surface area contributed by atoms with Gasteiger partial charge in [0.1, 0.15) is 18.1 Å². The van der Waals surface area contributed by atoms with Gasteiger partial charge in [-0.3, -0.25) is 4.98 Å². The third-order valence-corrected chi connectivity index (χ3v) is 7.07. The lowest BCUT2D eigenvalue weighted by Gasteiger charge is -2.37. The van der Waals surface area contributed by atoms with Crippen LogP contribution in [0.1, 0.15) is 41.6 Å². The third-order valence-electron chi connectivity index (χ3n) is 7.07. The van der Waals surface area contributed by atoms with Gasteiger partial charge in [-0.2, -0.15) is 5.26 Å². The normalized spacial score (nSPS) is 18.2. The van der Waals surface area contributed by atoms with Crippen LogP contribution in [0.25, 0.3) is 5.57 Å². The van der Waals surface area contributed by atoms with Crippen molar-refractivity contribution in [2.45, 2.75) is 31.3 Å². The second-order valence-corrected chi connectivity index (χ2v) is 8.96. The highest BCUT2D eigenvalue weighted by atomic mass is 16.5. The Morgan fingerprint density at radius 3 is 2.68 bits per heavy atom. The van der Waals surface area contributed by atoms with Gasteiger partial charge in [0.15, 0.2) is 0 Å². The molecule has 0 radical (unpaired) electrons. The highest BCUT2D eigenvalue weighted by Crippen LogP contribution is 2.39. The molecule has 0 saturated carbocycles. The summed E-state index contributed by atoms with van der Waals surface area (Å²) >= 11 is 0. The largest absolute Gasteiger partial charge is 0.497 e. The molecule has 0 unspecified atom stereocenters. The van der Waals surface area contributed by atoms with Crippen molar-refractivity contribution in [3.05, 3.63) is 95.3 Å². The molecular weight excluding hydrogens is 422 g/mol. The Labute approximate surface area is 201 Å². The van der Waals surface area contributed by atoms with Crippen LogP contribution in [-0.2, 0) is 12.0 Å². The van der Waals surface area contributed by atoms with Gasteiger partial charge in [0.2, 0.25) is 0 Å². The summed E-state index contributed by atoms with van der Waals surface area (Å²) < 4.78 is 11.6. The predicted octanol–water partition coefficient (Wildman–Crippen LogP) is 5.36. The van der Waals surface area contributed by atoms with Crippen molar-refractivity contribution in [1.82, 2.24) is 9.88 Å². The minimum Gasteiger partial charge on any atom is -0.497 e. The Morgan fingerprint density at radius 2 is 1.91 bits per heavy atom. The van der Waals surface area contributed by atoms with E-state index in [0.717, 1.165) is 78.4 Å². The molecule has 1 fully saturated rings. The number of nitriles is 1. The molecule has 0 spiro atoms. The number of benzene rings is 2. The summed E-state index contributed by atoms with van der Waals surface area (Å²) in [6, 6.07) is 22.9. The molecule has 0 aliphatic carbocycles. The minimum atomic E-state index is -0.366. The number of pyridine rings is 1. The molecule has 0 N–H and O–H groups in total. The Morgan fingerprint density at radius 1 is 1.09 bits per heavy atom. The standard InChI is InChI=1S/C29H29N3O2/c1-33-23-11-12-28-26(19-23)24(25-9-5-15-31-27(25)20-34-28)10-6-16-32-17-13-29(21-30,14-18-32)22-7-3-2-4-8-22/h2-5,7-12,15,19H,6,13-14,16-18,20H2,1H3. The molecule has 3 heterocycles. The maximum atomic E-state index is 9.98. The van der Waals surface area contributed by atoms with Crippen molar-refractivity contribution in [2.75, 3.05) is 26.7 Å². The number of ether oxygens (including phenoxy) is 2. The first-order valence-electron chi connectivity index (χ1n) is 11.9. The number of hydrogen-bond donors (Lipinski definition) is 0. The molecular formula is C29H29N3O2. The van der Waals surface area contributed by atoms with Gasteiger partial charge in [-0.1, -0.05) is 42.5 Å². The monoisotopic (exact) mass is 451 g/mol. The topological polar surface area (TPSA) is 58.4 Å². The molecule has 2 aliphatic rings. The maximum Gasteiger partial charge on any atom is 0.131 e. The fourth-order valence-electron chi connectivity index (χ4n) is 5.05. The number of aromatic nitrogens is 1. The number of fused-ring (bicyclic) bond motifs is 2. The van der Waals surface area contributed by atoms with Crippen LogP contribution in [0, 0.1) is 11.3 Å². The van der Waals surface area contributed by atoms with Gasteiger partial charge in [-0.05, 0) is 67.8 Å². The van der Waals surface area contributed by atoms with Gasteiger partial charge in [0.25, 0.3) is 0 Å². The molecule has 5 nitrogen and oxygen atoms in total. The zero-order valence-corrected chi connectivity index (χ0v) is 19.5. The van der Waals surface area contributed by atoms with Crippen LogP contribution < -0.4 is 9.47 Å². The highest BCUT2D eigenvalue weighted by Gasteiger charge is 2.36. The average molecular weight is 452 g/mol. The number of methoxy groups -OCH3 is 1. The van der Waals surface area contributed by atoms with E-state index in [1.807, 2.05) is 48.7 Å². The summed E-state index contributed by atoms with van der Waals surface area (Å²) in [5, 5.41) is 9.98. The Hall–Kier alpha value is -3.62. The highest BCUT2D eigenvalue weighted by molar-refractivity contribution is 5.85. The molecule has 5 rings (SSSR count). The van der Waals surface area contributed by atoms with Gasteiger partial charge in [-0.25, -0.2) is 0 Å². The van der Waals surface area contributed by atoms with Crippen LogP contribution in [0.5, 0.6) is 11.5 Å². The molecule has 0 amide bonds. The van der Waals surface area contributed by atoms with Crippen LogP contribution in [0.4, 0.5) is 0 Å². The van der Waals surface area contributed by atoms with Gasteiger partial charge < -0.3 is 14.4 Å². The van der Waals surface area contributed by atoms with E-state index < -0.39 is 0 Å². The van der Waals surface area contributed by atoms with Crippen LogP contribution >= 0.6 is 0 Å². The zero-order valence-electron chi connectivity index (χ0n) is 19.5. The smallest absolute Gasteiger partial charge is 0.131 e. The van der Waals surface area contributed by atoms with Crippen molar-refractivity contribution >= 4 is 5.57 Å². The average Bonchev–Trinajstić information content (AvgIpc) is 3.06. The first-order valence-corrected chi connectivity index (χ1v) is 11.9. The van der Waals surface area contributed by atoms with E-state index in [1.54, 1.807) is 7.11 Å². The second kappa shape index (κ2) is 9.70. The number of hydrogen-bond acceptors (Lipinski definition) is 5. The van der Waals surface area contributed by atoms with E-state index in [1.165, 1.54) is 0 Å². The fourth-order valence-corrected chi connectivity index (χ4v) is 5.05. The fraction of sp³-hybridized carbons (Fsp3) is 0.310. The molecule has 5 heteroatoms. The van der Waals surface area contributed by atoms with Gasteiger partial charge >= 0.3 is 0 Å². The Kier molecular flexibility index (Phi) is 6.33. The van der Waals surface area contributed by atoms with Gasteiger partial charge in [-0.15, -0.1) is 0 Å². The molecule has 172 valence electrons. The van der Waals surface area contributed by atoms with E-state index in [4.69, 9.17) is 9.47 Å². The molecule has 2 aliphatic heterocycles. The zero-order chi connectivity index (χ0) is 23.4. The molecule has 34 heavy (non-hydrogen) atoms. The summed E-state index contributed by atoms with van der Waals surface area (Å²) in [5.41, 5.74) is 5.02. The molecule has 0 atom stereocenters. The van der Waals surface area contributed by atoms with E-state index in [9.17, 15) is 5.26 Å². The van der Waals surface area contributed by atoms with Crippen molar-refractivity contribution in [3.63, 3.8) is 0 Å². The molecule has 3 aromatic rings. The van der Waals surface area contributed by atoms with E-state index >= 15 is 0 Å². The second-order valence-electron chi connectivity index (χ2n) is 8.96. The summed E-state index contributed by atoms with van der Waals surface area (Å²) in [7, 11) is 1.69. The first kappa shape index (κ1) is 22.2. The lowest BCUT2D eigenvalue weighted by Crippen LogP contribution is -2.42. The number of nitrogens with zero attached hydrogens (tertiary/aromatic N) is 3. The molecule has 2 aromatic carbocycles. The van der Waals surface area contributed by atoms with E-state index in [0.29, 0.717) is 6.61 Å². The first-order chi connectivity index (χ1) is 16.7. The lowest BCUT2D eigenvalue weighted by atomic mass is 9.74. The molecule has 1 aromatic heterocycles. The van der Waals surface area contributed by atoms with Crippen molar-refractivity contribution in [2.24, 2.45) is 0 Å². The van der Waals surface area contributed by atoms with Crippen LogP contribution in [0.2, 0.25) is 0 Å². The van der Waals surface area contributed by atoms with Crippen LogP contribution in [-0.4, -0.2) is 36.6 Å². The number of likely N-dealkylation sites (tertiary alicyclic amines) is 1. The molecule has 1 saturated heterocycles. The van der Waals surface area contributed by atoms with E-state index in [2.05, 4.69) is 40.2 Å². The minimum absolute atomic E-state index is 0.366. The summed E-state index contributed by atoms with van der Waals surface area (Å²) in [5.74, 6) is 1.66. The Bertz CT molecular complexity index is 1220. The number of piperidine rings is 1. The summed E-state index contributed by atoms with van der Waals surface area (Å²) in [6.07, 6.45) is 6.76. The third kappa shape index (κ3) is 4.30. The summed E-state index contributed by atoms with van der Waals surface area (Å²) in [6.45, 7) is 3.26. The van der Waals surface area contributed by atoms with Crippen LogP contribution in [0.3, 0.4) is 0 Å². The quantitative estimate of drug-likeness (QED) is 0.523. The van der Waals surface area contributed by atoms with Gasteiger partial charge in [0, 0.05) is 23.9 Å². The van der Waals surface area contributed by atoms with Crippen molar-refractivity contribution in [3.8, 4) is 17.6 Å². The van der Waals surface area contributed by atoms with Crippen LogP contribution in [0.15, 0.2) is 72.9 Å². The van der Waals surface area contributed by atoms with Crippen molar-refractivity contribution in [1.29, 1.82) is 5.26 Å². The lowest BCUT2D eigenvalue weighted by molar-refractivity contribution is 0.189. The summed E-state index contributed by atoms with van der Waals surface area (Å²) in [4.78, 5) is 7.04. The Balaban J connectivity index is 1.34. The van der Waals surface area contributed by atoms with Gasteiger partial charge in [0.05, 0.1) is 24.3 Å². The predicted molar refractivity (Wildman–Crippen MR) is 133 cm³/mol. The van der Waals surface area contributed by atoms with Crippen molar-refractivity contribution < 1.29 is 9.47 Å². The SMILES string of the molecule is COc1ccc2c(c1)C(=CCCN1CCC(C#N)(c3ccccc3)CC1)c1cccnc1CO2. The number of rotatable bonds is 5. The van der Waals surface area contributed by atoms with E-state index in [-0.39, 0.29) is 5.41 Å². The maximum absolute atomic E-state index is 9.98.